The average molecular weight is 365 g/mol. The third kappa shape index (κ3) is 5.86. The molecule has 0 aromatic heterocycles. The summed E-state index contributed by atoms with van der Waals surface area (Å²) >= 11 is 0. The summed E-state index contributed by atoms with van der Waals surface area (Å²) in [6.45, 7) is 5.04. The Bertz CT molecular complexity index is 648. The zero-order valence-corrected chi connectivity index (χ0v) is 17.3. The first-order valence-corrected chi connectivity index (χ1v) is 11.1. The second-order valence-electron chi connectivity index (χ2n) is 8.15. The number of unbranched alkanes of at least 4 members (excludes halogenated alkanes) is 3. The highest BCUT2D eigenvalue weighted by Crippen LogP contribution is 2.38. The maximum absolute atomic E-state index is 5.54. The van der Waals surface area contributed by atoms with Gasteiger partial charge in [-0.25, -0.2) is 0 Å². The van der Waals surface area contributed by atoms with Gasteiger partial charge >= 0.3 is 0 Å². The van der Waals surface area contributed by atoms with E-state index in [1.807, 2.05) is 6.92 Å². The summed E-state index contributed by atoms with van der Waals surface area (Å²) in [5.74, 6) is 2.71. The zero-order valence-electron chi connectivity index (χ0n) is 17.3. The van der Waals surface area contributed by atoms with Gasteiger partial charge in [-0.3, -0.25) is 0 Å². The summed E-state index contributed by atoms with van der Waals surface area (Å²) in [7, 11) is 0. The van der Waals surface area contributed by atoms with Crippen molar-refractivity contribution in [3.63, 3.8) is 0 Å². The van der Waals surface area contributed by atoms with Crippen LogP contribution in [0.25, 0.3) is 11.1 Å². The normalized spacial score (nSPS) is 19.8. The van der Waals surface area contributed by atoms with E-state index in [2.05, 4.69) is 55.5 Å². The molecule has 0 N–H and O–H groups in total. The van der Waals surface area contributed by atoms with Gasteiger partial charge in [0.25, 0.3) is 0 Å². The Hall–Kier alpha value is -1.76. The zero-order chi connectivity index (χ0) is 18.9. The summed E-state index contributed by atoms with van der Waals surface area (Å²) in [5.41, 5.74) is 4.10. The van der Waals surface area contributed by atoms with E-state index in [0.717, 1.165) is 24.2 Å². The van der Waals surface area contributed by atoms with Crippen molar-refractivity contribution < 1.29 is 4.74 Å². The molecule has 0 atom stereocenters. The van der Waals surface area contributed by atoms with Gasteiger partial charge in [0, 0.05) is 0 Å². The summed E-state index contributed by atoms with van der Waals surface area (Å²) in [6, 6.07) is 17.7. The van der Waals surface area contributed by atoms with Crippen LogP contribution in [0.2, 0.25) is 0 Å². The summed E-state index contributed by atoms with van der Waals surface area (Å²) < 4.78 is 5.54. The number of ether oxygens (including phenoxy) is 1. The lowest BCUT2D eigenvalue weighted by atomic mass is 9.77. The van der Waals surface area contributed by atoms with Crippen LogP contribution in [0.1, 0.15) is 83.1 Å². The van der Waals surface area contributed by atoms with Gasteiger partial charge in [-0.1, -0.05) is 75.4 Å². The van der Waals surface area contributed by atoms with Gasteiger partial charge in [0.15, 0.2) is 0 Å². The topological polar surface area (TPSA) is 9.23 Å². The number of hydrogen-bond acceptors (Lipinski definition) is 1. The van der Waals surface area contributed by atoms with Crippen molar-refractivity contribution in [2.24, 2.45) is 5.92 Å². The molecule has 0 unspecified atom stereocenters. The molecule has 27 heavy (non-hydrogen) atoms. The van der Waals surface area contributed by atoms with Crippen LogP contribution >= 0.6 is 0 Å². The molecule has 1 aliphatic carbocycles. The summed E-state index contributed by atoms with van der Waals surface area (Å²) in [5, 5.41) is 0. The molecule has 1 saturated carbocycles. The molecule has 0 spiro atoms. The SMILES string of the molecule is CCCCCCC1CCC(c2ccc(-c3ccc(OCC)cc3)cc2)CC1. The van der Waals surface area contributed by atoms with E-state index in [-0.39, 0.29) is 0 Å². The second-order valence-corrected chi connectivity index (χ2v) is 8.15. The fourth-order valence-electron chi connectivity index (χ4n) is 4.50. The van der Waals surface area contributed by atoms with Gasteiger partial charge in [0.05, 0.1) is 6.61 Å². The Balaban J connectivity index is 1.50. The fraction of sp³-hybridized carbons (Fsp3) is 0.538. The first-order chi connectivity index (χ1) is 13.3. The van der Waals surface area contributed by atoms with Gasteiger partial charge in [-0.05, 0) is 73.3 Å². The third-order valence-electron chi connectivity index (χ3n) is 6.19. The molecule has 1 heteroatoms. The first-order valence-electron chi connectivity index (χ1n) is 11.1. The molecule has 2 aromatic carbocycles. The first kappa shape index (κ1) is 20.0. The van der Waals surface area contributed by atoms with Crippen molar-refractivity contribution in [1.82, 2.24) is 0 Å². The van der Waals surface area contributed by atoms with E-state index in [1.165, 1.54) is 74.5 Å². The predicted molar refractivity (Wildman–Crippen MR) is 117 cm³/mol. The Morgan fingerprint density at radius 2 is 1.37 bits per heavy atom. The Kier molecular flexibility index (Phi) is 7.80. The molecule has 146 valence electrons. The number of rotatable bonds is 9. The lowest BCUT2D eigenvalue weighted by molar-refractivity contribution is 0.302. The van der Waals surface area contributed by atoms with Crippen molar-refractivity contribution in [1.29, 1.82) is 0 Å². The van der Waals surface area contributed by atoms with Crippen molar-refractivity contribution >= 4 is 0 Å². The number of hydrogen-bond donors (Lipinski definition) is 0. The molecule has 0 aliphatic heterocycles. The molecular weight excluding hydrogens is 328 g/mol. The summed E-state index contributed by atoms with van der Waals surface area (Å²) in [4.78, 5) is 0. The lowest BCUT2D eigenvalue weighted by Gasteiger charge is -2.29. The third-order valence-corrected chi connectivity index (χ3v) is 6.19. The van der Waals surface area contributed by atoms with Crippen LogP contribution in [0.3, 0.4) is 0 Å². The molecule has 1 nitrogen and oxygen atoms in total. The lowest BCUT2D eigenvalue weighted by Crippen LogP contribution is -2.13. The molecule has 0 heterocycles. The van der Waals surface area contributed by atoms with Gasteiger partial charge in [-0.2, -0.15) is 0 Å². The summed E-state index contributed by atoms with van der Waals surface area (Å²) in [6.07, 6.45) is 12.7. The molecule has 0 bridgehead atoms. The highest BCUT2D eigenvalue weighted by Gasteiger charge is 2.22. The molecule has 3 rings (SSSR count). The van der Waals surface area contributed by atoms with Gasteiger partial charge in [-0.15, -0.1) is 0 Å². The standard InChI is InChI=1S/C26H36O/c1-3-5-6-7-8-21-9-11-22(12-10-21)23-13-15-24(16-14-23)25-17-19-26(20-18-25)27-4-2/h13-22H,3-12H2,1-2H3. The number of benzene rings is 2. The van der Waals surface area contributed by atoms with Gasteiger partial charge in [0.1, 0.15) is 5.75 Å². The van der Waals surface area contributed by atoms with Gasteiger partial charge in [0.2, 0.25) is 0 Å². The van der Waals surface area contributed by atoms with Crippen LogP contribution in [-0.2, 0) is 0 Å². The van der Waals surface area contributed by atoms with Crippen molar-refractivity contribution in [2.75, 3.05) is 6.61 Å². The van der Waals surface area contributed by atoms with Crippen LogP contribution < -0.4 is 4.74 Å². The highest BCUT2D eigenvalue weighted by molar-refractivity contribution is 5.64. The molecule has 0 amide bonds. The average Bonchev–Trinajstić information content (AvgIpc) is 2.73. The van der Waals surface area contributed by atoms with Crippen LogP contribution in [0.4, 0.5) is 0 Å². The van der Waals surface area contributed by atoms with Crippen molar-refractivity contribution in [3.05, 3.63) is 54.1 Å². The van der Waals surface area contributed by atoms with Crippen molar-refractivity contribution in [3.8, 4) is 16.9 Å². The van der Waals surface area contributed by atoms with Crippen LogP contribution in [-0.4, -0.2) is 6.61 Å². The van der Waals surface area contributed by atoms with E-state index in [1.54, 1.807) is 0 Å². The predicted octanol–water partition coefficient (Wildman–Crippen LogP) is 8.00. The smallest absolute Gasteiger partial charge is 0.119 e. The van der Waals surface area contributed by atoms with Crippen molar-refractivity contribution in [2.45, 2.75) is 77.6 Å². The molecular formula is C26H36O. The molecule has 0 saturated heterocycles. The monoisotopic (exact) mass is 364 g/mol. The van der Waals surface area contributed by atoms with E-state index < -0.39 is 0 Å². The Morgan fingerprint density at radius 3 is 1.96 bits per heavy atom. The largest absolute Gasteiger partial charge is 0.494 e. The van der Waals surface area contributed by atoms with Crippen LogP contribution in [0.15, 0.2) is 48.5 Å². The molecule has 1 fully saturated rings. The highest BCUT2D eigenvalue weighted by atomic mass is 16.5. The van der Waals surface area contributed by atoms with E-state index in [0.29, 0.717) is 0 Å². The molecule has 2 aromatic rings. The van der Waals surface area contributed by atoms with Crippen LogP contribution in [0, 0.1) is 5.92 Å². The van der Waals surface area contributed by atoms with Crippen LogP contribution in [0.5, 0.6) is 5.75 Å². The van der Waals surface area contributed by atoms with Gasteiger partial charge < -0.3 is 4.74 Å². The Labute approximate surface area is 166 Å². The van der Waals surface area contributed by atoms with E-state index in [4.69, 9.17) is 4.74 Å². The molecule has 0 radical (unpaired) electrons. The quantitative estimate of drug-likeness (QED) is 0.410. The maximum atomic E-state index is 5.54. The van der Waals surface area contributed by atoms with E-state index >= 15 is 0 Å². The minimum Gasteiger partial charge on any atom is -0.494 e. The molecule has 1 aliphatic rings. The minimum absolute atomic E-state index is 0.717. The van der Waals surface area contributed by atoms with E-state index in [9.17, 15) is 0 Å². The fourth-order valence-corrected chi connectivity index (χ4v) is 4.50. The maximum Gasteiger partial charge on any atom is 0.119 e. The Morgan fingerprint density at radius 1 is 0.741 bits per heavy atom. The second kappa shape index (κ2) is 10.5. The minimum atomic E-state index is 0.717.